The molecule has 2 amide bonds. The first-order valence-corrected chi connectivity index (χ1v) is 14.1. The molecule has 4 aromatic rings. The van der Waals surface area contributed by atoms with Crippen LogP contribution in [0.15, 0.2) is 103 Å². The van der Waals surface area contributed by atoms with Crippen LogP contribution in [0.4, 0.5) is 10.5 Å². The van der Waals surface area contributed by atoms with E-state index >= 15 is 0 Å². The van der Waals surface area contributed by atoms with Gasteiger partial charge in [0.15, 0.2) is 0 Å². The Balaban J connectivity index is 0.00000441. The van der Waals surface area contributed by atoms with Crippen molar-refractivity contribution >= 4 is 23.3 Å². The lowest BCUT2D eigenvalue weighted by Crippen LogP contribution is -3.00. The number of carbonyl (C=O) groups is 1. The second kappa shape index (κ2) is 15.8. The van der Waals surface area contributed by atoms with Gasteiger partial charge in [-0.3, -0.25) is 0 Å². The molecule has 0 saturated heterocycles. The van der Waals surface area contributed by atoms with Crippen LogP contribution in [0.25, 0.3) is 0 Å². The minimum Gasteiger partial charge on any atom is -1.00 e. The Bertz CT molecular complexity index is 1260. The van der Waals surface area contributed by atoms with E-state index in [0.29, 0.717) is 6.54 Å². The fourth-order valence-electron chi connectivity index (χ4n) is 4.98. The number of hydrogen-bond acceptors (Lipinski definition) is 1. The molecule has 0 aliphatic carbocycles. The van der Waals surface area contributed by atoms with Gasteiger partial charge in [0.1, 0.15) is 13.1 Å². The molecule has 4 aromatic carbocycles. The lowest BCUT2D eigenvalue weighted by molar-refractivity contribution is -0.953. The summed E-state index contributed by atoms with van der Waals surface area (Å²) < 4.78 is 0.900. The fourth-order valence-corrected chi connectivity index (χ4v) is 5.10. The van der Waals surface area contributed by atoms with Gasteiger partial charge in [-0.15, -0.1) is 0 Å². The number of nitrogens with one attached hydrogen (secondary N) is 2. The van der Waals surface area contributed by atoms with E-state index in [9.17, 15) is 4.79 Å². The molecule has 0 atom stereocenters. The molecule has 0 aliphatic rings. The van der Waals surface area contributed by atoms with Crippen LogP contribution in [0.3, 0.4) is 0 Å². The third-order valence-corrected chi connectivity index (χ3v) is 7.44. The van der Waals surface area contributed by atoms with E-state index in [4.69, 9.17) is 11.6 Å². The van der Waals surface area contributed by atoms with Gasteiger partial charge in [-0.25, -0.2) is 4.79 Å². The second-order valence-corrected chi connectivity index (χ2v) is 11.0. The highest BCUT2D eigenvalue weighted by Gasteiger charge is 2.28. The molecule has 0 heterocycles. The number of carbonyl (C=O) groups excluding carboxylic acids is 1. The summed E-state index contributed by atoms with van der Waals surface area (Å²) in [5.41, 5.74) is 7.28. The predicted octanol–water partition coefficient (Wildman–Crippen LogP) is 4.93. The monoisotopic (exact) mass is 667 g/mol. The van der Waals surface area contributed by atoms with Crippen LogP contribution >= 0.6 is 11.6 Å². The molecule has 40 heavy (non-hydrogen) atoms. The van der Waals surface area contributed by atoms with Crippen molar-refractivity contribution in [1.82, 2.24) is 5.32 Å². The van der Waals surface area contributed by atoms with Gasteiger partial charge in [0, 0.05) is 41.2 Å². The SMILES string of the molecule is Cc1ccc(C[N+](CCCNC(=O)Nc2ccccc2)(CCc2ccc(Cl)cc2)Cc2ccc(C)cc2)cc1.[I-]. The quantitative estimate of drug-likeness (QED) is 0.126. The van der Waals surface area contributed by atoms with Crippen LogP contribution < -0.4 is 34.6 Å². The summed E-state index contributed by atoms with van der Waals surface area (Å²) in [7, 11) is 0. The summed E-state index contributed by atoms with van der Waals surface area (Å²) in [4.78, 5) is 12.5. The minimum atomic E-state index is -0.169. The van der Waals surface area contributed by atoms with Crippen LogP contribution in [-0.2, 0) is 19.5 Å². The van der Waals surface area contributed by atoms with Crippen molar-refractivity contribution in [1.29, 1.82) is 0 Å². The van der Waals surface area contributed by atoms with E-state index in [2.05, 4.69) is 85.1 Å². The van der Waals surface area contributed by atoms with Crippen molar-refractivity contribution in [2.75, 3.05) is 25.0 Å². The number of benzene rings is 4. The number of halogens is 2. The number of amides is 2. The van der Waals surface area contributed by atoms with E-state index in [1.165, 1.54) is 27.8 Å². The molecule has 4 rings (SSSR count). The van der Waals surface area contributed by atoms with Crippen LogP contribution in [0.1, 0.15) is 34.2 Å². The normalized spacial score (nSPS) is 11.0. The average molecular weight is 668 g/mol. The first-order valence-electron chi connectivity index (χ1n) is 13.7. The Labute approximate surface area is 261 Å². The maximum absolute atomic E-state index is 12.5. The highest BCUT2D eigenvalue weighted by atomic mass is 127. The van der Waals surface area contributed by atoms with Crippen LogP contribution in [0.2, 0.25) is 5.02 Å². The van der Waals surface area contributed by atoms with Crippen molar-refractivity contribution in [3.63, 3.8) is 0 Å². The Morgan fingerprint density at radius 1 is 0.700 bits per heavy atom. The van der Waals surface area contributed by atoms with E-state index in [-0.39, 0.29) is 30.0 Å². The Kier molecular flexibility index (Phi) is 12.5. The molecule has 0 radical (unpaired) electrons. The third-order valence-electron chi connectivity index (χ3n) is 7.19. The van der Waals surface area contributed by atoms with Gasteiger partial charge in [-0.05, 0) is 43.7 Å². The number of quaternary nitrogens is 1. The van der Waals surface area contributed by atoms with Gasteiger partial charge in [0.25, 0.3) is 0 Å². The summed E-state index contributed by atoms with van der Waals surface area (Å²) in [6, 6.07) is 35.4. The molecule has 4 nitrogen and oxygen atoms in total. The van der Waals surface area contributed by atoms with Gasteiger partial charge in [0.2, 0.25) is 0 Å². The van der Waals surface area contributed by atoms with Crippen molar-refractivity contribution in [2.24, 2.45) is 0 Å². The van der Waals surface area contributed by atoms with Crippen LogP contribution in [0.5, 0.6) is 0 Å². The standard InChI is InChI=1S/C34H38ClN3O.HI/c1-27-9-13-30(14-10-27)25-38(26-31-15-11-28(2)12-16-31,24-21-29-17-19-32(35)20-18-29)23-6-22-36-34(39)37-33-7-4-3-5-8-33;/h3-5,7-20H,6,21-26H2,1-2H3,(H-,36,37,39);1H. The molecule has 6 heteroatoms. The number of hydrogen-bond donors (Lipinski definition) is 2. The summed E-state index contributed by atoms with van der Waals surface area (Å²) in [5.74, 6) is 0. The van der Waals surface area contributed by atoms with Gasteiger partial charge >= 0.3 is 6.03 Å². The van der Waals surface area contributed by atoms with Crippen molar-refractivity contribution < 1.29 is 33.3 Å². The van der Waals surface area contributed by atoms with Crippen LogP contribution in [0, 0.1) is 13.8 Å². The van der Waals surface area contributed by atoms with Gasteiger partial charge in [0.05, 0.1) is 13.1 Å². The molecule has 0 bridgehead atoms. The minimum absolute atomic E-state index is 0. The zero-order chi connectivity index (χ0) is 27.5. The summed E-state index contributed by atoms with van der Waals surface area (Å²) >= 11 is 6.16. The number of rotatable bonds is 12. The number of anilines is 1. The lowest BCUT2D eigenvalue weighted by atomic mass is 10.0. The lowest BCUT2D eigenvalue weighted by Gasteiger charge is -2.39. The molecule has 0 fully saturated rings. The molecular formula is C34H39ClIN3O. The summed E-state index contributed by atoms with van der Waals surface area (Å²) in [5, 5.41) is 6.73. The Hall–Kier alpha value is -2.87. The fraction of sp³-hybridized carbons (Fsp3) is 0.265. The molecule has 0 aromatic heterocycles. The molecule has 0 saturated carbocycles. The Morgan fingerprint density at radius 2 is 1.23 bits per heavy atom. The first kappa shape index (κ1) is 31.7. The van der Waals surface area contributed by atoms with E-state index < -0.39 is 0 Å². The van der Waals surface area contributed by atoms with E-state index in [1.54, 1.807) is 0 Å². The highest BCUT2D eigenvalue weighted by Crippen LogP contribution is 2.23. The number of para-hydroxylation sites is 1. The maximum Gasteiger partial charge on any atom is 0.319 e. The zero-order valence-corrected chi connectivity index (χ0v) is 26.3. The largest absolute Gasteiger partial charge is 1.00 e. The molecule has 0 aliphatic heterocycles. The molecule has 0 spiro atoms. The molecule has 2 N–H and O–H groups in total. The van der Waals surface area contributed by atoms with Crippen molar-refractivity contribution in [3.05, 3.63) is 136 Å². The second-order valence-electron chi connectivity index (χ2n) is 10.6. The molecular weight excluding hydrogens is 629 g/mol. The van der Waals surface area contributed by atoms with Crippen LogP contribution in [-0.4, -0.2) is 30.1 Å². The van der Waals surface area contributed by atoms with Gasteiger partial charge < -0.3 is 39.1 Å². The van der Waals surface area contributed by atoms with Gasteiger partial charge in [-0.1, -0.05) is 102 Å². The molecule has 210 valence electrons. The first-order chi connectivity index (χ1) is 18.9. The van der Waals surface area contributed by atoms with E-state index in [1.807, 2.05) is 42.5 Å². The summed E-state index contributed by atoms with van der Waals surface area (Å²) in [6.07, 6.45) is 1.83. The highest BCUT2D eigenvalue weighted by molar-refractivity contribution is 6.30. The zero-order valence-electron chi connectivity index (χ0n) is 23.4. The third kappa shape index (κ3) is 10.3. The molecule has 0 unspecified atom stereocenters. The summed E-state index contributed by atoms with van der Waals surface area (Å²) in [6.45, 7) is 8.66. The average Bonchev–Trinajstić information content (AvgIpc) is 2.94. The predicted molar refractivity (Wildman–Crippen MR) is 163 cm³/mol. The topological polar surface area (TPSA) is 41.1 Å². The Morgan fingerprint density at radius 3 is 1.77 bits per heavy atom. The van der Waals surface area contributed by atoms with E-state index in [0.717, 1.165) is 54.2 Å². The van der Waals surface area contributed by atoms with Crippen molar-refractivity contribution in [2.45, 2.75) is 39.8 Å². The number of urea groups is 1. The van der Waals surface area contributed by atoms with Gasteiger partial charge in [-0.2, -0.15) is 0 Å². The van der Waals surface area contributed by atoms with Crippen molar-refractivity contribution in [3.8, 4) is 0 Å². The number of nitrogens with zero attached hydrogens (tertiary/aromatic N) is 1. The number of aryl methyl sites for hydroxylation is 2. The maximum atomic E-state index is 12.5. The smallest absolute Gasteiger partial charge is 0.319 e.